The SMILES string of the molecule is CN(CCn1cc(C(=O)N2CCC(N3C(=O)Cc4ccccc43)CC2)c2ccc(Cl)cc21)C(=O)OC(C)(C)C. The Bertz CT molecular complexity index is 1420. The van der Waals surface area contributed by atoms with Crippen molar-refractivity contribution in [3.8, 4) is 0 Å². The molecule has 2 aliphatic heterocycles. The maximum atomic E-state index is 13.7. The molecule has 0 unspecified atom stereocenters. The van der Waals surface area contributed by atoms with Gasteiger partial charge >= 0.3 is 6.09 Å². The topological polar surface area (TPSA) is 75.1 Å². The predicted octanol–water partition coefficient (Wildman–Crippen LogP) is 5.36. The number of halogens is 1. The number of hydrogen-bond donors (Lipinski definition) is 0. The molecule has 2 aromatic carbocycles. The van der Waals surface area contributed by atoms with Crippen LogP contribution in [-0.4, -0.2) is 70.6 Å². The molecule has 1 aromatic heterocycles. The van der Waals surface area contributed by atoms with Gasteiger partial charge in [-0.05, 0) is 57.4 Å². The number of amides is 3. The zero-order chi connectivity index (χ0) is 27.9. The van der Waals surface area contributed by atoms with Gasteiger partial charge in [0.2, 0.25) is 5.91 Å². The van der Waals surface area contributed by atoms with Crippen LogP contribution in [0.1, 0.15) is 49.5 Å². The first kappa shape index (κ1) is 27.1. The molecule has 0 spiro atoms. The molecule has 0 aliphatic carbocycles. The van der Waals surface area contributed by atoms with E-state index in [-0.39, 0.29) is 17.9 Å². The zero-order valence-electron chi connectivity index (χ0n) is 22.9. The molecule has 39 heavy (non-hydrogen) atoms. The molecule has 3 amide bonds. The van der Waals surface area contributed by atoms with Gasteiger partial charge in [0.15, 0.2) is 0 Å². The average Bonchev–Trinajstić information content (AvgIpc) is 3.42. The number of likely N-dealkylation sites (tertiary alicyclic amines) is 1. The van der Waals surface area contributed by atoms with E-state index in [0.29, 0.717) is 43.2 Å². The first-order valence-corrected chi connectivity index (χ1v) is 13.8. The summed E-state index contributed by atoms with van der Waals surface area (Å²) in [6.45, 7) is 7.57. The van der Waals surface area contributed by atoms with Crippen molar-refractivity contribution in [2.24, 2.45) is 0 Å². The number of para-hydroxylation sites is 1. The van der Waals surface area contributed by atoms with E-state index in [0.717, 1.165) is 35.0 Å². The third kappa shape index (κ3) is 5.62. The van der Waals surface area contributed by atoms with E-state index in [1.807, 2.05) is 77.7 Å². The van der Waals surface area contributed by atoms with Crippen LogP contribution in [0.3, 0.4) is 0 Å². The summed E-state index contributed by atoms with van der Waals surface area (Å²) >= 11 is 6.31. The molecule has 8 nitrogen and oxygen atoms in total. The van der Waals surface area contributed by atoms with Gasteiger partial charge in [-0.25, -0.2) is 4.79 Å². The number of rotatable bonds is 5. The van der Waals surface area contributed by atoms with Gasteiger partial charge in [-0.15, -0.1) is 0 Å². The van der Waals surface area contributed by atoms with E-state index in [1.54, 1.807) is 13.1 Å². The number of piperidine rings is 1. The number of carbonyl (C=O) groups is 3. The van der Waals surface area contributed by atoms with Gasteiger partial charge in [0.1, 0.15) is 5.60 Å². The Morgan fingerprint density at radius 1 is 1.10 bits per heavy atom. The highest BCUT2D eigenvalue weighted by molar-refractivity contribution is 6.31. The quantitative estimate of drug-likeness (QED) is 0.429. The van der Waals surface area contributed by atoms with Crippen LogP contribution in [0.5, 0.6) is 0 Å². The number of carbonyl (C=O) groups excluding carboxylic acids is 3. The van der Waals surface area contributed by atoms with Gasteiger partial charge < -0.3 is 24.0 Å². The van der Waals surface area contributed by atoms with Gasteiger partial charge in [-0.3, -0.25) is 9.59 Å². The Balaban J connectivity index is 1.29. The molecule has 0 N–H and O–H groups in total. The molecule has 206 valence electrons. The minimum Gasteiger partial charge on any atom is -0.444 e. The number of likely N-dealkylation sites (N-methyl/N-ethyl adjacent to an activating group) is 1. The molecule has 9 heteroatoms. The van der Waals surface area contributed by atoms with Crippen molar-refractivity contribution in [1.29, 1.82) is 0 Å². The van der Waals surface area contributed by atoms with Crippen LogP contribution >= 0.6 is 11.6 Å². The highest BCUT2D eigenvalue weighted by Crippen LogP contribution is 2.34. The summed E-state index contributed by atoms with van der Waals surface area (Å²) in [5, 5.41) is 1.41. The van der Waals surface area contributed by atoms with Crippen molar-refractivity contribution in [3.63, 3.8) is 0 Å². The summed E-state index contributed by atoms with van der Waals surface area (Å²) < 4.78 is 7.43. The Hall–Kier alpha value is -3.52. The number of aromatic nitrogens is 1. The van der Waals surface area contributed by atoms with Crippen molar-refractivity contribution in [2.45, 2.75) is 58.2 Å². The average molecular weight is 551 g/mol. The van der Waals surface area contributed by atoms with Gasteiger partial charge in [0, 0.05) is 61.6 Å². The van der Waals surface area contributed by atoms with Gasteiger partial charge in [-0.1, -0.05) is 35.9 Å². The minimum atomic E-state index is -0.572. The molecule has 3 aromatic rings. The van der Waals surface area contributed by atoms with E-state index >= 15 is 0 Å². The Labute approximate surface area is 234 Å². The number of ether oxygens (including phenoxy) is 1. The highest BCUT2D eigenvalue weighted by atomic mass is 35.5. The van der Waals surface area contributed by atoms with E-state index in [4.69, 9.17) is 16.3 Å². The summed E-state index contributed by atoms with van der Waals surface area (Å²) in [5.74, 6) is 0.102. The molecule has 0 radical (unpaired) electrons. The third-order valence-corrected chi connectivity index (χ3v) is 7.67. The van der Waals surface area contributed by atoms with Crippen molar-refractivity contribution in [1.82, 2.24) is 14.4 Å². The molecule has 1 saturated heterocycles. The lowest BCUT2D eigenvalue weighted by Gasteiger charge is -2.37. The Morgan fingerprint density at radius 2 is 1.82 bits per heavy atom. The monoisotopic (exact) mass is 550 g/mol. The third-order valence-electron chi connectivity index (χ3n) is 7.43. The van der Waals surface area contributed by atoms with Crippen molar-refractivity contribution < 1.29 is 19.1 Å². The number of nitrogens with zero attached hydrogens (tertiary/aromatic N) is 4. The highest BCUT2D eigenvalue weighted by Gasteiger charge is 2.36. The molecule has 3 heterocycles. The van der Waals surface area contributed by atoms with E-state index in [9.17, 15) is 14.4 Å². The molecule has 5 rings (SSSR count). The molecule has 2 aliphatic rings. The summed E-state index contributed by atoms with van der Waals surface area (Å²) in [6.07, 6.45) is 3.38. The first-order valence-electron chi connectivity index (χ1n) is 13.4. The first-order chi connectivity index (χ1) is 18.5. The summed E-state index contributed by atoms with van der Waals surface area (Å²) in [7, 11) is 1.70. The zero-order valence-corrected chi connectivity index (χ0v) is 23.7. The standard InChI is InChI=1S/C30H35ClN4O4/c1-30(2,3)39-29(38)32(4)15-16-34-19-24(23-10-9-21(31)18-26(23)34)28(37)33-13-11-22(12-14-33)35-25-8-6-5-7-20(25)17-27(35)36/h5-10,18-19,22H,11-17H2,1-4H3. The summed E-state index contributed by atoms with van der Waals surface area (Å²) in [4.78, 5) is 44.2. The largest absolute Gasteiger partial charge is 0.444 e. The smallest absolute Gasteiger partial charge is 0.410 e. The van der Waals surface area contributed by atoms with Gasteiger partial charge in [-0.2, -0.15) is 0 Å². The molecule has 0 bridgehead atoms. The van der Waals surface area contributed by atoms with Crippen molar-refractivity contribution >= 4 is 46.1 Å². The maximum absolute atomic E-state index is 13.7. The second kappa shape index (κ2) is 10.6. The van der Waals surface area contributed by atoms with Gasteiger partial charge in [0.25, 0.3) is 5.91 Å². The Kier molecular flexibility index (Phi) is 7.33. The summed E-state index contributed by atoms with van der Waals surface area (Å²) in [5.41, 5.74) is 2.96. The maximum Gasteiger partial charge on any atom is 0.410 e. The van der Waals surface area contributed by atoms with Crippen LogP contribution in [-0.2, 0) is 22.5 Å². The minimum absolute atomic E-state index is 0.0341. The Morgan fingerprint density at radius 3 is 2.54 bits per heavy atom. The summed E-state index contributed by atoms with van der Waals surface area (Å²) in [6, 6.07) is 13.6. The van der Waals surface area contributed by atoms with Gasteiger partial charge in [0.05, 0.1) is 17.5 Å². The lowest BCUT2D eigenvalue weighted by molar-refractivity contribution is -0.118. The number of anilines is 1. The van der Waals surface area contributed by atoms with Crippen LogP contribution < -0.4 is 4.90 Å². The van der Waals surface area contributed by atoms with Crippen LogP contribution in [0.2, 0.25) is 5.02 Å². The molecular weight excluding hydrogens is 516 g/mol. The second-order valence-corrected chi connectivity index (χ2v) is 11.8. The fourth-order valence-electron chi connectivity index (χ4n) is 5.48. The van der Waals surface area contributed by atoms with E-state index in [1.165, 1.54) is 4.90 Å². The van der Waals surface area contributed by atoms with Crippen LogP contribution in [0.25, 0.3) is 10.9 Å². The predicted molar refractivity (Wildman–Crippen MR) is 152 cm³/mol. The van der Waals surface area contributed by atoms with Crippen molar-refractivity contribution in [2.75, 3.05) is 31.6 Å². The van der Waals surface area contributed by atoms with Crippen LogP contribution in [0, 0.1) is 0 Å². The van der Waals surface area contributed by atoms with E-state index in [2.05, 4.69) is 0 Å². The normalized spacial score (nSPS) is 16.1. The molecule has 0 saturated carbocycles. The number of fused-ring (bicyclic) bond motifs is 2. The molecular formula is C30H35ClN4O4. The fraction of sp³-hybridized carbons (Fsp3) is 0.433. The molecule has 1 fully saturated rings. The number of benzene rings is 2. The second-order valence-electron chi connectivity index (χ2n) is 11.4. The lowest BCUT2D eigenvalue weighted by atomic mass is 10.0. The van der Waals surface area contributed by atoms with Crippen molar-refractivity contribution in [3.05, 3.63) is 64.8 Å². The fourth-order valence-corrected chi connectivity index (χ4v) is 5.65. The lowest BCUT2D eigenvalue weighted by Crippen LogP contribution is -2.48. The van der Waals surface area contributed by atoms with Crippen LogP contribution in [0.4, 0.5) is 10.5 Å². The molecule has 0 atom stereocenters. The number of hydrogen-bond acceptors (Lipinski definition) is 4. The van der Waals surface area contributed by atoms with Crippen LogP contribution in [0.15, 0.2) is 48.7 Å². The van der Waals surface area contributed by atoms with E-state index < -0.39 is 11.7 Å².